The van der Waals surface area contributed by atoms with E-state index in [1.165, 1.54) is 11.3 Å². The predicted octanol–water partition coefficient (Wildman–Crippen LogP) is 2.74. The second-order valence-corrected chi connectivity index (χ2v) is 6.39. The molecule has 1 amide bonds. The second-order valence-electron chi connectivity index (χ2n) is 5.31. The highest BCUT2D eigenvalue weighted by molar-refractivity contribution is 7.14. The van der Waals surface area contributed by atoms with Gasteiger partial charge in [0.1, 0.15) is 6.61 Å². The van der Waals surface area contributed by atoms with Crippen LogP contribution in [0.25, 0.3) is 0 Å². The molecule has 20 heavy (non-hydrogen) atoms. The van der Waals surface area contributed by atoms with Crippen molar-refractivity contribution in [2.45, 2.75) is 33.1 Å². The van der Waals surface area contributed by atoms with Crippen LogP contribution in [0.2, 0.25) is 0 Å². The number of thiophene rings is 1. The Labute approximate surface area is 124 Å². The van der Waals surface area contributed by atoms with Crippen LogP contribution in [0.5, 0.6) is 0 Å². The highest BCUT2D eigenvalue weighted by Gasteiger charge is 2.37. The van der Waals surface area contributed by atoms with Crippen LogP contribution >= 0.6 is 11.3 Å². The number of carbonyl (C=O) groups excluding carboxylic acids is 1. The molecule has 0 radical (unpaired) electrons. The van der Waals surface area contributed by atoms with Crippen molar-refractivity contribution in [2.24, 2.45) is 5.41 Å². The number of aliphatic hydroxyl groups excluding tert-OH is 1. The Bertz CT molecular complexity index is 534. The van der Waals surface area contributed by atoms with Gasteiger partial charge in [-0.05, 0) is 36.8 Å². The maximum Gasteiger partial charge on any atom is 0.263 e. The number of nitrogens with zero attached hydrogens (tertiary/aromatic N) is 1. The molecule has 0 aromatic carbocycles. The summed E-state index contributed by atoms with van der Waals surface area (Å²) in [6.07, 6.45) is 3.37. The molecule has 0 bridgehead atoms. The minimum Gasteiger partial charge on any atom is -0.384 e. The zero-order valence-corrected chi connectivity index (χ0v) is 12.9. The normalized spacial score (nSPS) is 16.9. The molecule has 2 heterocycles. The van der Waals surface area contributed by atoms with Gasteiger partial charge in [0.2, 0.25) is 0 Å². The van der Waals surface area contributed by atoms with E-state index in [-0.39, 0.29) is 12.5 Å². The van der Waals surface area contributed by atoms with E-state index in [9.17, 15) is 4.79 Å². The van der Waals surface area contributed by atoms with Gasteiger partial charge >= 0.3 is 0 Å². The summed E-state index contributed by atoms with van der Waals surface area (Å²) in [5.41, 5.74) is 0.312. The Morgan fingerprint density at radius 2 is 2.20 bits per heavy atom. The molecular weight excluding hydrogens is 270 g/mol. The van der Waals surface area contributed by atoms with Crippen molar-refractivity contribution in [2.75, 3.05) is 19.7 Å². The first kappa shape index (κ1) is 15.1. The van der Waals surface area contributed by atoms with Crippen molar-refractivity contribution in [1.82, 2.24) is 4.90 Å². The van der Waals surface area contributed by atoms with Crippen molar-refractivity contribution in [1.29, 1.82) is 0 Å². The molecule has 1 aliphatic heterocycles. The molecule has 1 fully saturated rings. The summed E-state index contributed by atoms with van der Waals surface area (Å²) in [5.74, 6) is 5.58. The molecule has 108 valence electrons. The monoisotopic (exact) mass is 291 g/mol. The Morgan fingerprint density at radius 1 is 1.45 bits per heavy atom. The van der Waals surface area contributed by atoms with Gasteiger partial charge in [0.15, 0.2) is 0 Å². The molecule has 0 saturated carbocycles. The van der Waals surface area contributed by atoms with Gasteiger partial charge in [-0.1, -0.05) is 25.7 Å². The Kier molecular flexibility index (Phi) is 4.85. The number of carbonyl (C=O) groups is 1. The molecule has 0 atom stereocenters. The first-order valence-corrected chi connectivity index (χ1v) is 7.94. The molecule has 0 unspecified atom stereocenters. The lowest BCUT2D eigenvalue weighted by Crippen LogP contribution is -2.31. The van der Waals surface area contributed by atoms with Gasteiger partial charge in [-0.2, -0.15) is 0 Å². The molecule has 3 nitrogen and oxygen atoms in total. The number of rotatable bonds is 3. The van der Waals surface area contributed by atoms with Gasteiger partial charge < -0.3 is 10.0 Å². The minimum atomic E-state index is -0.150. The number of hydrogen-bond acceptors (Lipinski definition) is 3. The summed E-state index contributed by atoms with van der Waals surface area (Å²) in [6, 6.07) is 3.69. The lowest BCUT2D eigenvalue weighted by atomic mass is 9.82. The number of hydrogen-bond donors (Lipinski definition) is 1. The van der Waals surface area contributed by atoms with Crippen molar-refractivity contribution < 1.29 is 9.90 Å². The Balaban J connectivity index is 2.07. The fourth-order valence-corrected chi connectivity index (χ4v) is 3.59. The van der Waals surface area contributed by atoms with Crippen molar-refractivity contribution in [3.8, 4) is 11.8 Å². The van der Waals surface area contributed by atoms with Crippen LogP contribution in [-0.2, 0) is 0 Å². The topological polar surface area (TPSA) is 40.5 Å². The van der Waals surface area contributed by atoms with Gasteiger partial charge in [0, 0.05) is 13.1 Å². The van der Waals surface area contributed by atoms with Crippen molar-refractivity contribution in [3.63, 3.8) is 0 Å². The van der Waals surface area contributed by atoms with E-state index in [2.05, 4.69) is 25.7 Å². The van der Waals surface area contributed by atoms with Crippen LogP contribution in [0, 0.1) is 17.3 Å². The van der Waals surface area contributed by atoms with Gasteiger partial charge in [0.05, 0.1) is 9.75 Å². The fourth-order valence-electron chi connectivity index (χ4n) is 2.74. The van der Waals surface area contributed by atoms with Crippen LogP contribution in [-0.4, -0.2) is 35.6 Å². The first-order chi connectivity index (χ1) is 9.64. The molecule has 0 spiro atoms. The predicted molar refractivity (Wildman–Crippen MR) is 81.8 cm³/mol. The quantitative estimate of drug-likeness (QED) is 0.870. The molecule has 1 aliphatic rings. The van der Waals surface area contributed by atoms with Gasteiger partial charge in [-0.15, -0.1) is 11.3 Å². The molecule has 1 aromatic heterocycles. The van der Waals surface area contributed by atoms with E-state index >= 15 is 0 Å². The SMILES string of the molecule is CCC1(CC)CCN(C(=O)c2ccc(C#CCO)s2)C1. The third kappa shape index (κ3) is 3.05. The standard InChI is InChI=1S/C16H21NO2S/c1-3-16(4-2)9-10-17(12-16)15(19)14-8-7-13(20-14)6-5-11-18/h7-8,18H,3-4,9-12H2,1-2H3. The molecule has 0 aliphatic carbocycles. The lowest BCUT2D eigenvalue weighted by Gasteiger charge is -2.26. The van der Waals surface area contributed by atoms with Gasteiger partial charge in [-0.25, -0.2) is 0 Å². The summed E-state index contributed by atoms with van der Waals surface area (Å²) in [7, 11) is 0. The average molecular weight is 291 g/mol. The van der Waals surface area contributed by atoms with Crippen LogP contribution in [0.3, 0.4) is 0 Å². The van der Waals surface area contributed by atoms with E-state index in [1.807, 2.05) is 17.0 Å². The summed E-state index contributed by atoms with van der Waals surface area (Å²) in [5, 5.41) is 8.68. The zero-order valence-electron chi connectivity index (χ0n) is 12.1. The third-order valence-electron chi connectivity index (χ3n) is 4.33. The third-order valence-corrected chi connectivity index (χ3v) is 5.32. The van der Waals surface area contributed by atoms with E-state index in [1.54, 1.807) is 0 Å². The second kappa shape index (κ2) is 6.43. The van der Waals surface area contributed by atoms with Crippen LogP contribution in [0.15, 0.2) is 12.1 Å². The lowest BCUT2D eigenvalue weighted by molar-refractivity contribution is 0.0774. The summed E-state index contributed by atoms with van der Waals surface area (Å²) in [6.45, 7) is 6.00. The average Bonchev–Trinajstić information content (AvgIpc) is 3.12. The number of amides is 1. The van der Waals surface area contributed by atoms with Crippen LogP contribution in [0.1, 0.15) is 47.7 Å². The molecule has 4 heteroatoms. The molecular formula is C16H21NO2S. The minimum absolute atomic E-state index is 0.121. The Morgan fingerprint density at radius 3 is 2.80 bits per heavy atom. The first-order valence-electron chi connectivity index (χ1n) is 7.13. The smallest absolute Gasteiger partial charge is 0.263 e. The Hall–Kier alpha value is -1.31. The summed E-state index contributed by atoms with van der Waals surface area (Å²) < 4.78 is 0. The van der Waals surface area contributed by atoms with E-state index in [4.69, 9.17) is 5.11 Å². The van der Waals surface area contributed by atoms with E-state index in [0.29, 0.717) is 5.41 Å². The van der Waals surface area contributed by atoms with Gasteiger partial charge in [0.25, 0.3) is 5.91 Å². The summed E-state index contributed by atoms with van der Waals surface area (Å²) in [4.78, 5) is 16.0. The zero-order chi connectivity index (χ0) is 14.6. The summed E-state index contributed by atoms with van der Waals surface area (Å²) >= 11 is 1.41. The highest BCUT2D eigenvalue weighted by atomic mass is 32.1. The maximum absolute atomic E-state index is 12.5. The highest BCUT2D eigenvalue weighted by Crippen LogP contribution is 2.37. The van der Waals surface area contributed by atoms with Crippen molar-refractivity contribution in [3.05, 3.63) is 21.9 Å². The molecule has 2 rings (SSSR count). The maximum atomic E-state index is 12.5. The number of likely N-dealkylation sites (tertiary alicyclic amines) is 1. The van der Waals surface area contributed by atoms with Crippen LogP contribution < -0.4 is 0 Å². The largest absolute Gasteiger partial charge is 0.384 e. The van der Waals surface area contributed by atoms with Crippen molar-refractivity contribution >= 4 is 17.2 Å². The fraction of sp³-hybridized carbons (Fsp3) is 0.562. The molecule has 1 N–H and O–H groups in total. The molecule has 1 saturated heterocycles. The van der Waals surface area contributed by atoms with E-state index in [0.717, 1.165) is 42.1 Å². The van der Waals surface area contributed by atoms with E-state index < -0.39 is 0 Å². The van der Waals surface area contributed by atoms with Gasteiger partial charge in [-0.3, -0.25) is 4.79 Å². The van der Waals surface area contributed by atoms with Crippen LogP contribution in [0.4, 0.5) is 0 Å². The number of aliphatic hydroxyl groups is 1. The molecule has 1 aromatic rings.